The van der Waals surface area contributed by atoms with Crippen molar-refractivity contribution in [1.82, 2.24) is 0 Å². The Bertz CT molecular complexity index is 618. The molecule has 0 heterocycles. The molecule has 4 N–H and O–H groups in total. The summed E-state index contributed by atoms with van der Waals surface area (Å²) < 4.78 is 10.2. The molecular weight excluding hydrogens is 308 g/mol. The Morgan fingerprint density at radius 3 is 1.50 bits per heavy atom. The zero-order valence-electron chi connectivity index (χ0n) is 13.2. The second-order valence-corrected chi connectivity index (χ2v) is 5.30. The van der Waals surface area contributed by atoms with E-state index in [1.54, 1.807) is 24.3 Å². The van der Waals surface area contributed by atoms with Gasteiger partial charge in [-0.05, 0) is 11.1 Å². The number of ether oxygens (including phenoxy) is 2. The molecule has 2 aromatic carbocycles. The molecule has 2 rings (SSSR count). The third-order valence-corrected chi connectivity index (χ3v) is 3.48. The minimum Gasteiger partial charge on any atom is -0.459 e. The molecule has 24 heavy (non-hydrogen) atoms. The SMILES string of the molecule is NCC(N)(C(=O)OCc1ccccc1)C(=O)OCc1ccccc1. The number of esters is 2. The molecule has 0 saturated carbocycles. The predicted octanol–water partition coefficient (Wildman–Crippen LogP) is 1.13. The maximum absolute atomic E-state index is 12.2. The van der Waals surface area contributed by atoms with E-state index in [0.717, 1.165) is 11.1 Å². The molecule has 0 aromatic heterocycles. The Kier molecular flexibility index (Phi) is 6.06. The summed E-state index contributed by atoms with van der Waals surface area (Å²) in [6.07, 6.45) is 0. The quantitative estimate of drug-likeness (QED) is 0.583. The molecule has 6 heteroatoms. The summed E-state index contributed by atoms with van der Waals surface area (Å²) >= 11 is 0. The Labute approximate surface area is 140 Å². The highest BCUT2D eigenvalue weighted by Crippen LogP contribution is 2.11. The molecule has 0 aliphatic heterocycles. The van der Waals surface area contributed by atoms with Crippen LogP contribution in [0.15, 0.2) is 60.7 Å². The van der Waals surface area contributed by atoms with Crippen LogP contribution in [0.4, 0.5) is 0 Å². The zero-order chi connectivity index (χ0) is 17.4. The predicted molar refractivity (Wildman–Crippen MR) is 88.4 cm³/mol. The maximum atomic E-state index is 12.2. The lowest BCUT2D eigenvalue weighted by Crippen LogP contribution is -2.61. The van der Waals surface area contributed by atoms with E-state index >= 15 is 0 Å². The Morgan fingerprint density at radius 2 is 1.17 bits per heavy atom. The molecule has 0 atom stereocenters. The van der Waals surface area contributed by atoms with E-state index in [1.165, 1.54) is 0 Å². The lowest BCUT2D eigenvalue weighted by atomic mass is 10.0. The Balaban J connectivity index is 1.95. The summed E-state index contributed by atoms with van der Waals surface area (Å²) in [6, 6.07) is 18.1. The molecule has 0 spiro atoms. The van der Waals surface area contributed by atoms with Crippen molar-refractivity contribution in [3.05, 3.63) is 71.8 Å². The van der Waals surface area contributed by atoms with Gasteiger partial charge in [-0.2, -0.15) is 0 Å². The van der Waals surface area contributed by atoms with E-state index in [1.807, 2.05) is 36.4 Å². The monoisotopic (exact) mass is 328 g/mol. The number of nitrogens with two attached hydrogens (primary N) is 2. The molecule has 0 bridgehead atoms. The lowest BCUT2D eigenvalue weighted by molar-refractivity contribution is -0.165. The first kappa shape index (κ1) is 17.7. The van der Waals surface area contributed by atoms with Gasteiger partial charge in [0.05, 0.1) is 0 Å². The molecule has 0 aliphatic rings. The average molecular weight is 328 g/mol. The molecular formula is C18H20N2O4. The van der Waals surface area contributed by atoms with Crippen molar-refractivity contribution >= 4 is 11.9 Å². The molecule has 0 fully saturated rings. The summed E-state index contributed by atoms with van der Waals surface area (Å²) in [4.78, 5) is 24.4. The average Bonchev–Trinajstić information content (AvgIpc) is 2.65. The van der Waals surface area contributed by atoms with Crippen LogP contribution >= 0.6 is 0 Å². The van der Waals surface area contributed by atoms with Crippen LogP contribution in [0.2, 0.25) is 0 Å². The lowest BCUT2D eigenvalue weighted by Gasteiger charge is -2.23. The highest BCUT2D eigenvalue weighted by molar-refractivity contribution is 6.05. The van der Waals surface area contributed by atoms with Crippen LogP contribution in [0.5, 0.6) is 0 Å². The van der Waals surface area contributed by atoms with Crippen LogP contribution in [-0.4, -0.2) is 24.0 Å². The minimum absolute atomic E-state index is 0.00455. The Morgan fingerprint density at radius 1 is 0.792 bits per heavy atom. The van der Waals surface area contributed by atoms with Crippen molar-refractivity contribution in [2.24, 2.45) is 11.5 Å². The van der Waals surface area contributed by atoms with Crippen molar-refractivity contribution < 1.29 is 19.1 Å². The topological polar surface area (TPSA) is 105 Å². The first-order valence-corrected chi connectivity index (χ1v) is 7.47. The maximum Gasteiger partial charge on any atom is 0.339 e. The van der Waals surface area contributed by atoms with Crippen molar-refractivity contribution in [3.63, 3.8) is 0 Å². The van der Waals surface area contributed by atoms with E-state index in [4.69, 9.17) is 20.9 Å². The first-order chi connectivity index (χ1) is 11.6. The zero-order valence-corrected chi connectivity index (χ0v) is 13.2. The van der Waals surface area contributed by atoms with Crippen molar-refractivity contribution in [2.45, 2.75) is 18.8 Å². The van der Waals surface area contributed by atoms with E-state index in [-0.39, 0.29) is 13.2 Å². The normalized spacial score (nSPS) is 10.9. The second kappa shape index (κ2) is 8.24. The summed E-state index contributed by atoms with van der Waals surface area (Å²) in [7, 11) is 0. The van der Waals surface area contributed by atoms with Gasteiger partial charge in [0.15, 0.2) is 0 Å². The fourth-order valence-corrected chi connectivity index (χ4v) is 1.95. The standard InChI is InChI=1S/C18H20N2O4/c19-13-18(20,16(21)23-11-14-7-3-1-4-8-14)17(22)24-12-15-9-5-2-6-10-15/h1-10H,11-13,19-20H2. The van der Waals surface area contributed by atoms with Gasteiger partial charge in [0.2, 0.25) is 5.54 Å². The van der Waals surface area contributed by atoms with Crippen LogP contribution in [0.1, 0.15) is 11.1 Å². The highest BCUT2D eigenvalue weighted by Gasteiger charge is 2.44. The third kappa shape index (κ3) is 4.41. The van der Waals surface area contributed by atoms with Gasteiger partial charge < -0.3 is 20.9 Å². The van der Waals surface area contributed by atoms with Crippen molar-refractivity contribution in [1.29, 1.82) is 0 Å². The van der Waals surface area contributed by atoms with Gasteiger partial charge in [-0.1, -0.05) is 60.7 Å². The van der Waals surface area contributed by atoms with E-state index in [9.17, 15) is 9.59 Å². The van der Waals surface area contributed by atoms with Gasteiger partial charge in [0, 0.05) is 6.54 Å². The summed E-state index contributed by atoms with van der Waals surface area (Å²) in [6.45, 7) is -0.399. The molecule has 2 aromatic rings. The van der Waals surface area contributed by atoms with Crippen LogP contribution in [-0.2, 0) is 32.3 Å². The van der Waals surface area contributed by atoms with Crippen LogP contribution < -0.4 is 11.5 Å². The van der Waals surface area contributed by atoms with Gasteiger partial charge >= 0.3 is 11.9 Å². The number of hydrogen-bond acceptors (Lipinski definition) is 6. The number of carbonyl (C=O) groups excluding carboxylic acids is 2. The first-order valence-electron chi connectivity index (χ1n) is 7.47. The fraction of sp³-hybridized carbons (Fsp3) is 0.222. The third-order valence-electron chi connectivity index (χ3n) is 3.48. The molecule has 126 valence electrons. The number of carbonyl (C=O) groups is 2. The minimum atomic E-state index is -2.02. The second-order valence-electron chi connectivity index (χ2n) is 5.30. The smallest absolute Gasteiger partial charge is 0.339 e. The number of benzene rings is 2. The molecule has 6 nitrogen and oxygen atoms in total. The molecule has 0 amide bonds. The van der Waals surface area contributed by atoms with Gasteiger partial charge in [0.1, 0.15) is 13.2 Å². The van der Waals surface area contributed by atoms with Gasteiger partial charge in [-0.25, -0.2) is 9.59 Å². The summed E-state index contributed by atoms with van der Waals surface area (Å²) in [5.41, 5.74) is 10.9. The molecule has 0 aliphatic carbocycles. The fourth-order valence-electron chi connectivity index (χ4n) is 1.95. The van der Waals surface area contributed by atoms with Crippen LogP contribution in [0.3, 0.4) is 0 Å². The van der Waals surface area contributed by atoms with Gasteiger partial charge in [0.25, 0.3) is 0 Å². The number of hydrogen-bond donors (Lipinski definition) is 2. The van der Waals surface area contributed by atoms with Crippen LogP contribution in [0, 0.1) is 0 Å². The highest BCUT2D eigenvalue weighted by atomic mass is 16.6. The van der Waals surface area contributed by atoms with Crippen molar-refractivity contribution in [3.8, 4) is 0 Å². The molecule has 0 unspecified atom stereocenters. The Hall–Kier alpha value is -2.70. The van der Waals surface area contributed by atoms with E-state index in [2.05, 4.69) is 0 Å². The number of rotatable bonds is 7. The van der Waals surface area contributed by atoms with Gasteiger partial charge in [-0.15, -0.1) is 0 Å². The van der Waals surface area contributed by atoms with Crippen LogP contribution in [0.25, 0.3) is 0 Å². The summed E-state index contributed by atoms with van der Waals surface area (Å²) in [5, 5.41) is 0. The van der Waals surface area contributed by atoms with Crippen molar-refractivity contribution in [2.75, 3.05) is 6.54 Å². The van der Waals surface area contributed by atoms with E-state index in [0.29, 0.717) is 0 Å². The molecule has 0 saturated heterocycles. The molecule has 0 radical (unpaired) electrons. The van der Waals surface area contributed by atoms with E-state index < -0.39 is 24.0 Å². The summed E-state index contributed by atoms with van der Waals surface area (Å²) in [5.74, 6) is -1.82. The largest absolute Gasteiger partial charge is 0.459 e. The van der Waals surface area contributed by atoms with Gasteiger partial charge in [-0.3, -0.25) is 0 Å².